The van der Waals surface area contributed by atoms with Gasteiger partial charge in [-0.2, -0.15) is 35.1 Å². The fraction of sp³-hybridized carbons (Fsp3) is 1.00. The van der Waals surface area contributed by atoms with Crippen molar-refractivity contribution in [3.8, 4) is 0 Å². The SMILES string of the molecule is C[Si]1(C)CCC(C(F)C(F)(F)C(F)(F)C(F)(F)C(F)(F)C(F)C(F)C(F)F)O[Si]1(C)C. The highest BCUT2D eigenvalue weighted by molar-refractivity contribution is 7.38. The van der Waals surface area contributed by atoms with Crippen LogP contribution in [0, 0.1) is 0 Å². The van der Waals surface area contributed by atoms with Crippen LogP contribution in [0.25, 0.3) is 0 Å². The van der Waals surface area contributed by atoms with Gasteiger partial charge >= 0.3 is 23.7 Å². The summed E-state index contributed by atoms with van der Waals surface area (Å²) < 4.78 is 180. The van der Waals surface area contributed by atoms with Crippen LogP contribution in [0.1, 0.15) is 6.42 Å². The van der Waals surface area contributed by atoms with E-state index in [-0.39, 0.29) is 6.04 Å². The normalized spacial score (nSPS) is 25.9. The summed E-state index contributed by atoms with van der Waals surface area (Å²) in [6, 6.07) is 0.0932. The second-order valence-corrected chi connectivity index (χ2v) is 23.8. The smallest absolute Gasteiger partial charge is 0.381 e. The zero-order valence-corrected chi connectivity index (χ0v) is 18.6. The fourth-order valence-corrected chi connectivity index (χ4v) is 9.51. The molecule has 0 aromatic heterocycles. The van der Waals surface area contributed by atoms with Gasteiger partial charge in [0.25, 0.3) is 6.43 Å². The molecule has 0 amide bonds. The van der Waals surface area contributed by atoms with Crippen LogP contribution in [0.2, 0.25) is 32.2 Å². The minimum Gasteiger partial charge on any atom is -0.414 e. The quantitative estimate of drug-likeness (QED) is 0.259. The molecule has 16 heteroatoms. The Labute approximate surface area is 171 Å². The maximum Gasteiger partial charge on any atom is 0.381 e. The Bertz CT molecular complexity index is 640. The molecule has 1 aliphatic rings. The Morgan fingerprint density at radius 2 is 1.16 bits per heavy atom. The second kappa shape index (κ2) is 8.36. The molecule has 186 valence electrons. The number of halogens is 13. The first-order chi connectivity index (χ1) is 13.5. The summed E-state index contributed by atoms with van der Waals surface area (Å²) >= 11 is 0. The molecule has 0 saturated carbocycles. The molecule has 0 bridgehead atoms. The average Bonchev–Trinajstić information content (AvgIpc) is 2.61. The summed E-state index contributed by atoms with van der Waals surface area (Å²) in [5, 5.41) is 0. The van der Waals surface area contributed by atoms with Crippen molar-refractivity contribution in [2.45, 2.75) is 93.4 Å². The van der Waals surface area contributed by atoms with Crippen molar-refractivity contribution in [2.75, 3.05) is 0 Å². The molecule has 0 radical (unpaired) electrons. The van der Waals surface area contributed by atoms with Crippen LogP contribution in [0.15, 0.2) is 0 Å². The predicted octanol–water partition coefficient (Wildman–Crippen LogP) is 6.59. The van der Waals surface area contributed by atoms with Crippen molar-refractivity contribution in [1.82, 2.24) is 0 Å². The van der Waals surface area contributed by atoms with Crippen LogP contribution in [0.3, 0.4) is 0 Å². The van der Waals surface area contributed by atoms with Crippen molar-refractivity contribution in [1.29, 1.82) is 0 Å². The van der Waals surface area contributed by atoms with E-state index in [0.29, 0.717) is 0 Å². The van der Waals surface area contributed by atoms with Crippen molar-refractivity contribution < 1.29 is 61.5 Å². The maximum absolute atomic E-state index is 14.4. The van der Waals surface area contributed by atoms with Crippen molar-refractivity contribution >= 4 is 15.4 Å². The molecule has 1 aliphatic heterocycles. The summed E-state index contributed by atoms with van der Waals surface area (Å²) in [6.07, 6.45) is -21.7. The summed E-state index contributed by atoms with van der Waals surface area (Å²) in [4.78, 5) is 0. The fourth-order valence-electron chi connectivity index (χ4n) is 2.93. The van der Waals surface area contributed by atoms with E-state index in [9.17, 15) is 57.1 Å². The minimum atomic E-state index is -7.43. The molecule has 1 saturated heterocycles. The molecule has 0 N–H and O–H groups in total. The lowest BCUT2D eigenvalue weighted by molar-refractivity contribution is -0.389. The molecule has 1 fully saturated rings. The number of rotatable bonds is 8. The van der Waals surface area contributed by atoms with Crippen molar-refractivity contribution in [3.05, 3.63) is 0 Å². The van der Waals surface area contributed by atoms with Crippen molar-refractivity contribution in [3.63, 3.8) is 0 Å². The van der Waals surface area contributed by atoms with Gasteiger partial charge in [0.15, 0.2) is 20.2 Å². The molecule has 0 aromatic rings. The highest BCUT2D eigenvalue weighted by atomic mass is 29.3. The van der Waals surface area contributed by atoms with E-state index in [1.807, 2.05) is 0 Å². The summed E-state index contributed by atoms with van der Waals surface area (Å²) in [6.45, 7) is 6.44. The van der Waals surface area contributed by atoms with E-state index in [1.54, 1.807) is 13.1 Å². The largest absolute Gasteiger partial charge is 0.414 e. The van der Waals surface area contributed by atoms with Gasteiger partial charge in [-0.15, -0.1) is 0 Å². The lowest BCUT2D eigenvalue weighted by Crippen LogP contribution is -2.70. The predicted molar refractivity (Wildman–Crippen MR) is 89.7 cm³/mol. The summed E-state index contributed by atoms with van der Waals surface area (Å²) in [7, 11) is -5.15. The molecule has 1 heterocycles. The van der Waals surface area contributed by atoms with Gasteiger partial charge < -0.3 is 4.43 Å². The highest BCUT2D eigenvalue weighted by Crippen LogP contribution is 2.57. The van der Waals surface area contributed by atoms with Crippen LogP contribution in [-0.4, -0.2) is 70.2 Å². The molecule has 1 rings (SSSR count). The molecule has 0 aliphatic carbocycles. The molecule has 0 spiro atoms. The van der Waals surface area contributed by atoms with E-state index >= 15 is 0 Å². The standard InChI is InChI=1S/C15H21F13OSi2/c1-30(2)6-5-7(29-31(30,3)4)9(17)12(21,22)14(25,26)15(27,28)13(23,24)10(18)8(16)11(19)20/h7-11H,5-6H2,1-4H3. The highest BCUT2D eigenvalue weighted by Gasteiger charge is 2.85. The second-order valence-electron chi connectivity index (χ2n) is 8.57. The molecular weight excluding hydrogens is 499 g/mol. The molecule has 4 atom stereocenters. The van der Waals surface area contributed by atoms with Crippen molar-refractivity contribution in [2.24, 2.45) is 0 Å². The number of hydrogen-bond acceptors (Lipinski definition) is 1. The first-order valence-corrected chi connectivity index (χ1v) is 16.0. The van der Waals surface area contributed by atoms with E-state index in [1.165, 1.54) is 13.1 Å². The van der Waals surface area contributed by atoms with E-state index in [4.69, 9.17) is 4.43 Å². The number of alkyl halides is 13. The zero-order valence-electron chi connectivity index (χ0n) is 16.6. The van der Waals surface area contributed by atoms with Gasteiger partial charge in [0.05, 0.1) is 13.7 Å². The Morgan fingerprint density at radius 3 is 1.55 bits per heavy atom. The molecule has 0 aromatic carbocycles. The lowest BCUT2D eigenvalue weighted by Gasteiger charge is -2.48. The third-order valence-corrected chi connectivity index (χ3v) is 22.5. The Kier molecular flexibility index (Phi) is 7.69. The van der Waals surface area contributed by atoms with Crippen LogP contribution in [0.5, 0.6) is 0 Å². The number of hydrogen-bond donors (Lipinski definition) is 0. The van der Waals surface area contributed by atoms with Gasteiger partial charge in [0.1, 0.15) is 0 Å². The lowest BCUT2D eigenvalue weighted by atomic mass is 9.90. The monoisotopic (exact) mass is 520 g/mol. The maximum atomic E-state index is 14.4. The van der Waals surface area contributed by atoms with Crippen LogP contribution in [0.4, 0.5) is 57.1 Å². The third-order valence-electron chi connectivity index (χ3n) is 5.90. The molecular formula is C15H21F13OSi2. The van der Waals surface area contributed by atoms with E-state index in [0.717, 1.165) is 0 Å². The molecule has 1 nitrogen and oxygen atoms in total. The van der Waals surface area contributed by atoms with Crippen LogP contribution in [-0.2, 0) is 4.43 Å². The Balaban J connectivity index is 3.30. The van der Waals surface area contributed by atoms with Crippen LogP contribution < -0.4 is 0 Å². The van der Waals surface area contributed by atoms with Gasteiger partial charge in [0.2, 0.25) is 6.17 Å². The van der Waals surface area contributed by atoms with Gasteiger partial charge in [-0.25, -0.2) is 22.0 Å². The molecule has 4 unspecified atom stereocenters. The molecule has 31 heavy (non-hydrogen) atoms. The Morgan fingerprint density at radius 1 is 0.742 bits per heavy atom. The topological polar surface area (TPSA) is 9.23 Å². The van der Waals surface area contributed by atoms with Gasteiger partial charge in [-0.05, 0) is 19.5 Å². The summed E-state index contributed by atoms with van der Waals surface area (Å²) in [5.41, 5.74) is 0. The first-order valence-electron chi connectivity index (χ1n) is 8.88. The summed E-state index contributed by atoms with van der Waals surface area (Å²) in [5.74, 6) is -28.3. The Hall–Kier alpha value is -0.516. The average molecular weight is 520 g/mol. The van der Waals surface area contributed by atoms with Gasteiger partial charge in [-0.3, -0.25) is 0 Å². The zero-order chi connectivity index (χ0) is 25.0. The first kappa shape index (κ1) is 28.5. The van der Waals surface area contributed by atoms with Crippen LogP contribution >= 0.6 is 0 Å². The minimum absolute atomic E-state index is 0.0932. The van der Waals surface area contributed by atoms with E-state index < -0.39 is 76.6 Å². The van der Waals surface area contributed by atoms with Gasteiger partial charge in [0, 0.05) is 0 Å². The third kappa shape index (κ3) is 4.48. The van der Waals surface area contributed by atoms with E-state index in [2.05, 4.69) is 0 Å². The van der Waals surface area contributed by atoms with Gasteiger partial charge in [-0.1, -0.05) is 19.1 Å².